The first-order valence-electron chi connectivity index (χ1n) is 8.61. The lowest BCUT2D eigenvalue weighted by molar-refractivity contribution is -0.124. The van der Waals surface area contributed by atoms with Gasteiger partial charge in [-0.3, -0.25) is 4.79 Å². The van der Waals surface area contributed by atoms with Gasteiger partial charge in [-0.25, -0.2) is 9.97 Å². The summed E-state index contributed by atoms with van der Waals surface area (Å²) in [6.07, 6.45) is 3.61. The van der Waals surface area contributed by atoms with E-state index < -0.39 is 0 Å². The van der Waals surface area contributed by atoms with Gasteiger partial charge >= 0.3 is 0 Å². The van der Waals surface area contributed by atoms with Crippen molar-refractivity contribution in [2.45, 2.75) is 46.2 Å². The van der Waals surface area contributed by atoms with Crippen LogP contribution in [-0.4, -0.2) is 25.0 Å². The number of nitrogens with one attached hydrogen (secondary N) is 1. The molecule has 2 heterocycles. The Kier molecular flexibility index (Phi) is 4.61. The van der Waals surface area contributed by atoms with Crippen LogP contribution in [0.1, 0.15) is 49.9 Å². The van der Waals surface area contributed by atoms with Gasteiger partial charge in [0.15, 0.2) is 0 Å². The number of aromatic nitrogens is 4. The van der Waals surface area contributed by atoms with Gasteiger partial charge in [0, 0.05) is 31.9 Å². The summed E-state index contributed by atoms with van der Waals surface area (Å²) >= 11 is 0. The summed E-state index contributed by atoms with van der Waals surface area (Å²) in [5.41, 5.74) is 3.10. The summed E-state index contributed by atoms with van der Waals surface area (Å²) in [7, 11) is 2.01. The zero-order valence-electron chi connectivity index (χ0n) is 15.4. The Balaban J connectivity index is 1.70. The first kappa shape index (κ1) is 17.2. The number of nitrogens with zero attached hydrogens (tertiary/aromatic N) is 4. The van der Waals surface area contributed by atoms with E-state index in [2.05, 4.69) is 33.7 Å². The summed E-state index contributed by atoms with van der Waals surface area (Å²) in [4.78, 5) is 21.4. The van der Waals surface area contributed by atoms with Crippen molar-refractivity contribution in [3.05, 3.63) is 47.8 Å². The quantitative estimate of drug-likeness (QED) is 0.777. The van der Waals surface area contributed by atoms with Gasteiger partial charge in [-0.15, -0.1) is 0 Å². The van der Waals surface area contributed by atoms with Crippen molar-refractivity contribution in [3.63, 3.8) is 0 Å². The molecule has 3 rings (SSSR count). The Morgan fingerprint density at radius 1 is 1.28 bits per heavy atom. The fraction of sp³-hybridized carbons (Fsp3) is 0.421. The van der Waals surface area contributed by atoms with Crippen LogP contribution in [0.5, 0.6) is 0 Å². The highest BCUT2D eigenvalue weighted by Gasteiger charge is 2.19. The van der Waals surface area contributed by atoms with Crippen LogP contribution in [0.15, 0.2) is 30.6 Å². The van der Waals surface area contributed by atoms with Crippen LogP contribution in [0.2, 0.25) is 0 Å². The minimum atomic E-state index is -0.291. The maximum Gasteiger partial charge on any atom is 0.243 e. The molecule has 0 aliphatic heterocycles. The lowest BCUT2D eigenvalue weighted by Gasteiger charge is -2.17. The molecule has 132 valence electrons. The molecule has 1 atom stereocenters. The second-order valence-corrected chi connectivity index (χ2v) is 6.78. The van der Waals surface area contributed by atoms with Gasteiger partial charge in [0.2, 0.25) is 5.91 Å². The van der Waals surface area contributed by atoms with Crippen molar-refractivity contribution in [2.75, 3.05) is 0 Å². The van der Waals surface area contributed by atoms with Crippen LogP contribution < -0.4 is 5.32 Å². The molecule has 1 aromatic carbocycles. The molecule has 3 aromatic rings. The van der Waals surface area contributed by atoms with Crippen molar-refractivity contribution in [3.8, 4) is 0 Å². The third kappa shape index (κ3) is 3.29. The molecule has 1 amide bonds. The molecule has 0 aliphatic carbocycles. The zero-order valence-corrected chi connectivity index (χ0v) is 15.4. The average Bonchev–Trinajstić information content (AvgIpc) is 3.17. The summed E-state index contributed by atoms with van der Waals surface area (Å²) in [5, 5.41) is 3.02. The fourth-order valence-electron chi connectivity index (χ4n) is 3.04. The molecule has 1 N–H and O–H groups in total. The zero-order chi connectivity index (χ0) is 18.1. The van der Waals surface area contributed by atoms with E-state index in [-0.39, 0.29) is 17.9 Å². The average molecular weight is 339 g/mol. The number of imidazole rings is 2. The van der Waals surface area contributed by atoms with Gasteiger partial charge in [-0.2, -0.15) is 0 Å². The Morgan fingerprint density at radius 3 is 2.76 bits per heavy atom. The Bertz CT molecular complexity index is 906. The van der Waals surface area contributed by atoms with Crippen LogP contribution in [0.4, 0.5) is 0 Å². The molecular formula is C19H25N5O. The highest BCUT2D eigenvalue weighted by molar-refractivity contribution is 5.80. The van der Waals surface area contributed by atoms with Crippen LogP contribution in [-0.2, 0) is 18.4 Å². The van der Waals surface area contributed by atoms with E-state index >= 15 is 0 Å². The summed E-state index contributed by atoms with van der Waals surface area (Å²) in [6, 6.07) is 5.82. The highest BCUT2D eigenvalue weighted by atomic mass is 16.2. The van der Waals surface area contributed by atoms with Crippen molar-refractivity contribution >= 4 is 16.9 Å². The molecule has 0 fully saturated rings. The number of fused-ring (bicyclic) bond motifs is 1. The minimum absolute atomic E-state index is 0.0165. The smallest absolute Gasteiger partial charge is 0.243 e. The molecule has 0 bridgehead atoms. The normalized spacial score (nSPS) is 12.7. The third-order valence-corrected chi connectivity index (χ3v) is 4.65. The topological polar surface area (TPSA) is 64.7 Å². The molecule has 6 heteroatoms. The molecule has 0 saturated heterocycles. The van der Waals surface area contributed by atoms with Crippen LogP contribution in [0, 0.1) is 6.92 Å². The van der Waals surface area contributed by atoms with Crippen molar-refractivity contribution in [1.29, 1.82) is 0 Å². The summed E-state index contributed by atoms with van der Waals surface area (Å²) < 4.78 is 4.00. The first-order chi connectivity index (χ1) is 11.9. The Labute approximate surface area is 147 Å². The lowest BCUT2D eigenvalue weighted by Crippen LogP contribution is -2.31. The van der Waals surface area contributed by atoms with Crippen LogP contribution in [0.3, 0.4) is 0 Å². The van der Waals surface area contributed by atoms with Gasteiger partial charge in [-0.1, -0.05) is 19.9 Å². The number of carbonyl (C=O) groups is 1. The molecule has 1 unspecified atom stereocenters. The van der Waals surface area contributed by atoms with E-state index in [4.69, 9.17) is 0 Å². The van der Waals surface area contributed by atoms with E-state index in [1.165, 1.54) is 0 Å². The molecule has 2 aromatic heterocycles. The second kappa shape index (κ2) is 6.70. The number of rotatable bonds is 5. The molecular weight excluding hydrogens is 314 g/mol. The number of amides is 1. The molecule has 6 nitrogen and oxygen atoms in total. The number of hydrogen-bond acceptors (Lipinski definition) is 3. The third-order valence-electron chi connectivity index (χ3n) is 4.65. The predicted octanol–water partition coefficient (Wildman–Crippen LogP) is 3.08. The molecule has 0 aliphatic rings. The molecule has 25 heavy (non-hydrogen) atoms. The lowest BCUT2D eigenvalue weighted by atomic mass is 10.1. The van der Waals surface area contributed by atoms with E-state index in [0.29, 0.717) is 6.54 Å². The molecule has 0 spiro atoms. The van der Waals surface area contributed by atoms with Crippen molar-refractivity contribution in [1.82, 2.24) is 24.4 Å². The van der Waals surface area contributed by atoms with E-state index in [1.807, 2.05) is 49.9 Å². The maximum atomic E-state index is 12.5. The Hall–Kier alpha value is -2.63. The van der Waals surface area contributed by atoms with Crippen LogP contribution in [0.25, 0.3) is 11.0 Å². The van der Waals surface area contributed by atoms with Gasteiger partial charge < -0.3 is 14.5 Å². The monoisotopic (exact) mass is 339 g/mol. The second-order valence-electron chi connectivity index (χ2n) is 6.78. The number of carbonyl (C=O) groups excluding carboxylic acids is 1. The number of benzene rings is 1. The number of aryl methyl sites for hydroxylation is 2. The highest BCUT2D eigenvalue weighted by Crippen LogP contribution is 2.18. The number of hydrogen-bond donors (Lipinski definition) is 1. The van der Waals surface area contributed by atoms with Crippen molar-refractivity contribution in [2.24, 2.45) is 7.05 Å². The van der Waals surface area contributed by atoms with Gasteiger partial charge in [0.05, 0.1) is 11.0 Å². The Morgan fingerprint density at radius 2 is 2.04 bits per heavy atom. The van der Waals surface area contributed by atoms with Gasteiger partial charge in [0.1, 0.15) is 17.7 Å². The van der Waals surface area contributed by atoms with Gasteiger partial charge in [-0.05, 0) is 31.5 Å². The maximum absolute atomic E-state index is 12.5. The largest absolute Gasteiger partial charge is 0.350 e. The van der Waals surface area contributed by atoms with Gasteiger partial charge in [0.25, 0.3) is 0 Å². The summed E-state index contributed by atoms with van der Waals surface area (Å²) in [6.45, 7) is 8.52. The minimum Gasteiger partial charge on any atom is -0.350 e. The van der Waals surface area contributed by atoms with E-state index in [0.717, 1.165) is 28.2 Å². The van der Waals surface area contributed by atoms with Crippen LogP contribution >= 0.6 is 0 Å². The fourth-order valence-corrected chi connectivity index (χ4v) is 3.04. The molecule has 0 radical (unpaired) electrons. The van der Waals surface area contributed by atoms with E-state index in [1.54, 1.807) is 6.20 Å². The SMILES string of the molecule is Cc1nc2cc(CNC(=O)C(C)n3ccnc3C(C)C)ccc2n1C. The van der Waals surface area contributed by atoms with Crippen molar-refractivity contribution < 1.29 is 4.79 Å². The molecule has 0 saturated carbocycles. The standard InChI is InChI=1S/C19H25N5O/c1-12(2)18-20-8-9-24(18)13(3)19(25)21-11-15-6-7-17-16(10-15)22-14(4)23(17)5/h6-10,12-13H,11H2,1-5H3,(H,21,25). The predicted molar refractivity (Wildman–Crippen MR) is 98.3 cm³/mol. The first-order valence-corrected chi connectivity index (χ1v) is 8.61. The summed E-state index contributed by atoms with van der Waals surface area (Å²) in [5.74, 6) is 2.16. The van der Waals surface area contributed by atoms with E-state index in [9.17, 15) is 4.79 Å².